The van der Waals surface area contributed by atoms with Gasteiger partial charge >= 0.3 is 5.97 Å². The molecule has 0 spiro atoms. The summed E-state index contributed by atoms with van der Waals surface area (Å²) < 4.78 is 19.1. The van der Waals surface area contributed by atoms with Gasteiger partial charge < -0.3 is 34.7 Å². The maximum atomic E-state index is 11.5. The van der Waals surface area contributed by atoms with Crippen LogP contribution in [0.25, 0.3) is 0 Å². The molecular formula is C17H30N4O6S. The predicted octanol–water partition coefficient (Wildman–Crippen LogP) is -0.787. The topological polar surface area (TPSA) is 136 Å². The zero-order valence-corrected chi connectivity index (χ0v) is 16.9. The molecule has 5 unspecified atom stereocenters. The number of hydrogen-bond acceptors (Lipinski definition) is 10. The molecule has 28 heavy (non-hydrogen) atoms. The quantitative estimate of drug-likeness (QED) is 0.217. The molecule has 5 atom stereocenters. The molecule has 1 amide bonds. The maximum Gasteiger partial charge on any atom is 0.303 e. The summed E-state index contributed by atoms with van der Waals surface area (Å²) in [5.41, 5.74) is 6.14. The van der Waals surface area contributed by atoms with Gasteiger partial charge in [-0.3, -0.25) is 14.6 Å². The van der Waals surface area contributed by atoms with E-state index in [-0.39, 0.29) is 5.91 Å². The van der Waals surface area contributed by atoms with E-state index in [4.69, 9.17) is 19.9 Å². The van der Waals surface area contributed by atoms with Gasteiger partial charge in [-0.15, -0.1) is 0 Å². The van der Waals surface area contributed by atoms with Crippen LogP contribution in [-0.4, -0.2) is 85.1 Å². The second-order valence-corrected chi connectivity index (χ2v) is 7.14. The van der Waals surface area contributed by atoms with Crippen molar-refractivity contribution in [1.29, 1.82) is 0 Å². The number of nitrogens with one attached hydrogen (secondary N) is 1. The Morgan fingerprint density at radius 2 is 2.25 bits per heavy atom. The van der Waals surface area contributed by atoms with Gasteiger partial charge in [-0.2, -0.15) is 0 Å². The van der Waals surface area contributed by atoms with Gasteiger partial charge in [0.25, 0.3) is 0 Å². The van der Waals surface area contributed by atoms with Crippen molar-refractivity contribution < 1.29 is 28.9 Å². The lowest BCUT2D eigenvalue weighted by molar-refractivity contribution is -0.264. The number of ether oxygens (including phenoxy) is 3. The summed E-state index contributed by atoms with van der Waals surface area (Å²) in [6.45, 7) is 3.56. The van der Waals surface area contributed by atoms with Crippen LogP contribution in [0.5, 0.6) is 0 Å². The number of esters is 1. The molecule has 0 radical (unpaired) electrons. The molecule has 2 aliphatic heterocycles. The van der Waals surface area contributed by atoms with Crippen molar-refractivity contribution in [3.05, 3.63) is 0 Å². The highest BCUT2D eigenvalue weighted by Gasteiger charge is 2.46. The molecule has 0 saturated carbocycles. The van der Waals surface area contributed by atoms with E-state index in [9.17, 15) is 14.7 Å². The third kappa shape index (κ3) is 6.89. The number of hydrogen-bond donors (Lipinski definition) is 4. The van der Waals surface area contributed by atoms with Crippen LogP contribution in [0, 0.1) is 0 Å². The van der Waals surface area contributed by atoms with E-state index >= 15 is 0 Å². The van der Waals surface area contributed by atoms with E-state index in [1.807, 2.05) is 4.90 Å². The number of nitrogens with zero attached hydrogens (tertiary/aromatic N) is 2. The summed E-state index contributed by atoms with van der Waals surface area (Å²) in [5.74, 6) is -0.688. The molecule has 160 valence electrons. The first-order valence-corrected chi connectivity index (χ1v) is 9.92. The molecular weight excluding hydrogens is 388 g/mol. The third-order valence-corrected chi connectivity index (χ3v) is 4.87. The number of rotatable bonds is 9. The van der Waals surface area contributed by atoms with Gasteiger partial charge in [0.05, 0.1) is 12.4 Å². The zero-order chi connectivity index (χ0) is 20.5. The van der Waals surface area contributed by atoms with Gasteiger partial charge in [0.15, 0.2) is 12.4 Å². The maximum absolute atomic E-state index is 11.5. The van der Waals surface area contributed by atoms with Crippen LogP contribution in [0.4, 0.5) is 0 Å². The van der Waals surface area contributed by atoms with E-state index in [1.54, 1.807) is 6.34 Å². The van der Waals surface area contributed by atoms with Crippen molar-refractivity contribution in [2.45, 2.75) is 63.3 Å². The molecule has 10 nitrogen and oxygen atoms in total. The smallest absolute Gasteiger partial charge is 0.303 e. The van der Waals surface area contributed by atoms with Crippen molar-refractivity contribution in [1.82, 2.24) is 9.62 Å². The number of carbonyl (C=O) groups is 2. The highest BCUT2D eigenvalue weighted by molar-refractivity contribution is 7.78. The Bertz CT molecular complexity index is 552. The first-order valence-electron chi connectivity index (χ1n) is 9.47. The van der Waals surface area contributed by atoms with Crippen molar-refractivity contribution >= 4 is 31.0 Å². The minimum absolute atomic E-state index is 0.157. The largest absolute Gasteiger partial charge is 0.458 e. The standard InChI is InChI=1S/C17H30N4O6S/c1-11(22)26-16-14(18)17(25-8-3-2-5-13(23)20-28)27-12(15(16)24)9-21-7-4-6-19-10-21/h10,12,14-17,24,28H,2-9,18H2,1H3,(H,20,23). The van der Waals surface area contributed by atoms with Crippen molar-refractivity contribution in [3.8, 4) is 0 Å². The van der Waals surface area contributed by atoms with Crippen LogP contribution in [-0.2, 0) is 23.8 Å². The Balaban J connectivity index is 1.93. The molecule has 2 aliphatic rings. The molecule has 2 heterocycles. The fraction of sp³-hybridized carbons (Fsp3) is 0.824. The van der Waals surface area contributed by atoms with Gasteiger partial charge in [-0.05, 0) is 19.3 Å². The van der Waals surface area contributed by atoms with Crippen LogP contribution >= 0.6 is 12.8 Å². The minimum Gasteiger partial charge on any atom is -0.458 e. The van der Waals surface area contributed by atoms with Crippen LogP contribution in [0.15, 0.2) is 4.99 Å². The van der Waals surface area contributed by atoms with Crippen molar-refractivity contribution in [2.24, 2.45) is 10.7 Å². The summed E-state index contributed by atoms with van der Waals surface area (Å²) >= 11 is 3.70. The Hall–Kier alpha value is -1.40. The van der Waals surface area contributed by atoms with Gasteiger partial charge in [0.1, 0.15) is 12.2 Å². The normalized spacial score (nSPS) is 30.1. The average molecular weight is 419 g/mol. The highest BCUT2D eigenvalue weighted by Crippen LogP contribution is 2.24. The lowest BCUT2D eigenvalue weighted by Crippen LogP contribution is -2.64. The van der Waals surface area contributed by atoms with Crippen LogP contribution in [0.2, 0.25) is 0 Å². The van der Waals surface area contributed by atoms with Gasteiger partial charge in [-0.1, -0.05) is 12.8 Å². The molecule has 0 bridgehead atoms. The number of carbonyl (C=O) groups excluding carboxylic acids is 2. The van der Waals surface area contributed by atoms with Gasteiger partial charge in [-0.25, -0.2) is 0 Å². The second kappa shape index (κ2) is 11.6. The molecule has 11 heteroatoms. The van der Waals surface area contributed by atoms with E-state index in [1.165, 1.54) is 6.92 Å². The molecule has 0 aliphatic carbocycles. The third-order valence-electron chi connectivity index (χ3n) is 4.62. The van der Waals surface area contributed by atoms with Crippen LogP contribution in [0.1, 0.15) is 32.6 Å². The molecule has 1 fully saturated rings. The number of aliphatic imine (C=N–C) groups is 1. The number of thiol groups is 1. The lowest BCUT2D eigenvalue weighted by Gasteiger charge is -2.43. The fourth-order valence-corrected chi connectivity index (χ4v) is 3.30. The monoisotopic (exact) mass is 418 g/mol. The molecule has 0 aromatic heterocycles. The van der Waals surface area contributed by atoms with E-state index in [0.717, 1.165) is 19.5 Å². The number of aliphatic hydroxyl groups is 1. The predicted molar refractivity (Wildman–Crippen MR) is 105 cm³/mol. The zero-order valence-electron chi connectivity index (χ0n) is 16.0. The Labute approximate surface area is 170 Å². The highest BCUT2D eigenvalue weighted by atomic mass is 32.1. The van der Waals surface area contributed by atoms with E-state index in [2.05, 4.69) is 22.5 Å². The number of unbranched alkanes of at least 4 members (excludes halogenated alkanes) is 1. The summed E-state index contributed by atoms with van der Waals surface area (Å²) in [5, 5.41) is 10.6. The summed E-state index contributed by atoms with van der Waals surface area (Å²) in [4.78, 5) is 28.8. The molecule has 2 rings (SSSR count). The Morgan fingerprint density at radius 3 is 2.89 bits per heavy atom. The Kier molecular flexibility index (Phi) is 9.45. The van der Waals surface area contributed by atoms with E-state index in [0.29, 0.717) is 32.4 Å². The Morgan fingerprint density at radius 1 is 1.46 bits per heavy atom. The molecule has 1 saturated heterocycles. The first-order chi connectivity index (χ1) is 13.4. The van der Waals surface area contributed by atoms with Crippen molar-refractivity contribution in [3.63, 3.8) is 0 Å². The van der Waals surface area contributed by atoms with Crippen LogP contribution < -0.4 is 10.5 Å². The average Bonchev–Trinajstić information content (AvgIpc) is 2.68. The summed E-state index contributed by atoms with van der Waals surface area (Å²) in [7, 11) is 0. The van der Waals surface area contributed by atoms with Gasteiger partial charge in [0, 0.05) is 39.6 Å². The van der Waals surface area contributed by atoms with Gasteiger partial charge in [0.2, 0.25) is 5.91 Å². The SMILES string of the molecule is CC(=O)OC1C(N)C(OCCCCC(=O)NS)OC(CN2C=NCCC2)C1O. The fourth-order valence-electron chi connectivity index (χ4n) is 3.19. The second-order valence-electron chi connectivity index (χ2n) is 6.92. The minimum atomic E-state index is -1.08. The number of aliphatic hydroxyl groups excluding tert-OH is 1. The number of amides is 1. The summed E-state index contributed by atoms with van der Waals surface area (Å²) in [6, 6.07) is -0.828. The van der Waals surface area contributed by atoms with Crippen LogP contribution in [0.3, 0.4) is 0 Å². The molecule has 0 aromatic rings. The lowest BCUT2D eigenvalue weighted by atomic mass is 9.96. The van der Waals surface area contributed by atoms with Crippen molar-refractivity contribution in [2.75, 3.05) is 26.2 Å². The molecule has 0 aromatic carbocycles. The van der Waals surface area contributed by atoms with E-state index < -0.39 is 36.6 Å². The summed E-state index contributed by atoms with van der Waals surface area (Å²) in [6.07, 6.45) is 0.757. The first kappa shape index (κ1) is 22.9. The molecule has 4 N–H and O–H groups in total. The number of nitrogens with two attached hydrogens (primary N) is 1.